The maximum atomic E-state index is 13.7. The molecule has 0 spiro atoms. The molecule has 9 heteroatoms. The maximum absolute atomic E-state index is 13.7. The molecule has 0 atom stereocenters. The molecule has 0 amide bonds. The summed E-state index contributed by atoms with van der Waals surface area (Å²) in [6.45, 7) is 1.20. The number of nitriles is 1. The van der Waals surface area contributed by atoms with E-state index >= 15 is 0 Å². The van der Waals surface area contributed by atoms with E-state index in [0.717, 1.165) is 18.2 Å². The van der Waals surface area contributed by atoms with Crippen molar-refractivity contribution in [2.24, 2.45) is 5.41 Å². The van der Waals surface area contributed by atoms with Crippen LogP contribution in [0, 0.1) is 35.3 Å². The Hall–Kier alpha value is -2.54. The molecule has 148 valence electrons. The van der Waals surface area contributed by atoms with Gasteiger partial charge in [-0.05, 0) is 42.8 Å². The number of ether oxygens (including phenoxy) is 1. The molecular weight excluding hydrogens is 390 g/mol. The first-order valence-electron chi connectivity index (χ1n) is 8.40. The van der Waals surface area contributed by atoms with Crippen LogP contribution in [0.5, 0.6) is 5.75 Å². The van der Waals surface area contributed by atoms with Gasteiger partial charge in [0.05, 0.1) is 29.1 Å². The van der Waals surface area contributed by atoms with Crippen LogP contribution in [-0.4, -0.2) is 44.1 Å². The summed E-state index contributed by atoms with van der Waals surface area (Å²) in [7, 11) is -3.83. The molecule has 28 heavy (non-hydrogen) atoms. The third-order valence-electron chi connectivity index (χ3n) is 4.72. The number of aryl methyl sites for hydroxylation is 1. The lowest BCUT2D eigenvalue weighted by Gasteiger charge is -2.47. The summed E-state index contributed by atoms with van der Waals surface area (Å²) in [5.74, 6) is -1.06. The second-order valence-electron chi connectivity index (χ2n) is 6.88. The molecule has 1 heterocycles. The molecule has 2 aromatic rings. The molecule has 2 aromatic carbocycles. The van der Waals surface area contributed by atoms with Crippen LogP contribution in [0.15, 0.2) is 41.3 Å². The van der Waals surface area contributed by atoms with Gasteiger partial charge in [0.1, 0.15) is 23.5 Å². The molecule has 0 unspecified atom stereocenters. The largest absolute Gasteiger partial charge is 0.493 e. The number of benzene rings is 2. The zero-order valence-corrected chi connectivity index (χ0v) is 15.8. The first-order chi connectivity index (χ1) is 13.2. The van der Waals surface area contributed by atoms with Crippen molar-refractivity contribution >= 4 is 10.0 Å². The summed E-state index contributed by atoms with van der Waals surface area (Å²) in [5, 5.41) is 18.5. The molecule has 0 radical (unpaired) electrons. The number of hydrogen-bond donors (Lipinski definition) is 1. The zero-order valence-electron chi connectivity index (χ0n) is 15.0. The molecule has 1 N–H and O–H groups in total. The average molecular weight is 408 g/mol. The van der Waals surface area contributed by atoms with Gasteiger partial charge in [-0.3, -0.25) is 0 Å². The fourth-order valence-electron chi connectivity index (χ4n) is 3.06. The van der Waals surface area contributed by atoms with E-state index in [9.17, 15) is 22.3 Å². The normalized spacial score (nSPS) is 16.2. The van der Waals surface area contributed by atoms with Crippen LogP contribution in [-0.2, 0) is 10.0 Å². The van der Waals surface area contributed by atoms with Crippen LogP contribution in [0.3, 0.4) is 0 Å². The summed E-state index contributed by atoms with van der Waals surface area (Å²) >= 11 is 0. The second-order valence-corrected chi connectivity index (χ2v) is 8.79. The summed E-state index contributed by atoms with van der Waals surface area (Å²) in [6.07, 6.45) is 0. The van der Waals surface area contributed by atoms with Gasteiger partial charge >= 0.3 is 0 Å². The Morgan fingerprint density at radius 1 is 1.25 bits per heavy atom. The van der Waals surface area contributed by atoms with Crippen molar-refractivity contribution in [3.63, 3.8) is 0 Å². The van der Waals surface area contributed by atoms with E-state index in [2.05, 4.69) is 0 Å². The predicted octanol–water partition coefficient (Wildman–Crippen LogP) is 2.21. The van der Waals surface area contributed by atoms with Gasteiger partial charge in [-0.1, -0.05) is 0 Å². The molecule has 1 saturated heterocycles. The Balaban J connectivity index is 1.69. The molecule has 1 fully saturated rings. The summed E-state index contributed by atoms with van der Waals surface area (Å²) in [5.41, 5.74) is -0.642. The van der Waals surface area contributed by atoms with Crippen molar-refractivity contribution in [3.8, 4) is 11.8 Å². The zero-order chi connectivity index (χ0) is 20.5. The fraction of sp³-hybridized carbons (Fsp3) is 0.316. The Morgan fingerprint density at radius 2 is 1.96 bits per heavy atom. The minimum absolute atomic E-state index is 0.00974. The third-order valence-corrected chi connectivity index (χ3v) is 6.67. The number of aliphatic hydroxyl groups excluding tert-OH is 1. The molecule has 0 aliphatic carbocycles. The van der Waals surface area contributed by atoms with E-state index in [-0.39, 0.29) is 42.5 Å². The standard InChI is InChI=1S/C19H18F2N2O4S/c1-13-6-15(20)3-5-18(13)28(25,26)23-9-19(10-23,11-24)12-27-16-4-2-14(8-22)17(21)7-16/h2-7,24H,9-12H2,1H3. The first kappa shape index (κ1) is 20.2. The van der Waals surface area contributed by atoms with E-state index in [4.69, 9.17) is 10.00 Å². The molecular formula is C19H18F2N2O4S. The minimum Gasteiger partial charge on any atom is -0.493 e. The van der Waals surface area contributed by atoms with E-state index in [1.54, 1.807) is 6.07 Å². The van der Waals surface area contributed by atoms with Crippen molar-refractivity contribution in [1.82, 2.24) is 4.31 Å². The van der Waals surface area contributed by atoms with Gasteiger partial charge in [0, 0.05) is 19.2 Å². The highest BCUT2D eigenvalue weighted by molar-refractivity contribution is 7.89. The molecule has 0 aromatic heterocycles. The lowest BCUT2D eigenvalue weighted by molar-refractivity contribution is -0.0273. The summed E-state index contributed by atoms with van der Waals surface area (Å²) < 4.78 is 59.1. The molecule has 6 nitrogen and oxygen atoms in total. The van der Waals surface area contributed by atoms with Gasteiger partial charge in [0.25, 0.3) is 0 Å². The van der Waals surface area contributed by atoms with Crippen LogP contribution in [0.2, 0.25) is 0 Å². The van der Waals surface area contributed by atoms with E-state index in [1.165, 1.54) is 29.4 Å². The Kier molecular flexibility index (Phi) is 5.39. The quantitative estimate of drug-likeness (QED) is 0.792. The van der Waals surface area contributed by atoms with E-state index in [0.29, 0.717) is 5.56 Å². The molecule has 3 rings (SSSR count). The van der Waals surface area contributed by atoms with Gasteiger partial charge in [0.15, 0.2) is 0 Å². The maximum Gasteiger partial charge on any atom is 0.243 e. The SMILES string of the molecule is Cc1cc(F)ccc1S(=O)(=O)N1CC(CO)(COc2ccc(C#N)c(F)c2)C1. The van der Waals surface area contributed by atoms with Crippen LogP contribution >= 0.6 is 0 Å². The lowest BCUT2D eigenvalue weighted by atomic mass is 9.83. The highest BCUT2D eigenvalue weighted by atomic mass is 32.2. The van der Waals surface area contributed by atoms with Crippen LogP contribution < -0.4 is 4.74 Å². The molecule has 1 aliphatic rings. The number of rotatable bonds is 6. The monoisotopic (exact) mass is 408 g/mol. The molecule has 0 saturated carbocycles. The number of sulfonamides is 1. The van der Waals surface area contributed by atoms with Gasteiger partial charge in [-0.2, -0.15) is 9.57 Å². The number of hydrogen-bond acceptors (Lipinski definition) is 5. The van der Waals surface area contributed by atoms with Crippen LogP contribution in [0.4, 0.5) is 8.78 Å². The first-order valence-corrected chi connectivity index (χ1v) is 9.84. The number of nitrogens with zero attached hydrogens (tertiary/aromatic N) is 2. The average Bonchev–Trinajstić information content (AvgIpc) is 2.60. The topological polar surface area (TPSA) is 90.6 Å². The van der Waals surface area contributed by atoms with Crippen molar-refractivity contribution in [2.75, 3.05) is 26.3 Å². The Bertz CT molecular complexity index is 1040. The fourth-order valence-corrected chi connectivity index (χ4v) is 4.93. The van der Waals surface area contributed by atoms with Gasteiger partial charge < -0.3 is 9.84 Å². The highest BCUT2D eigenvalue weighted by Gasteiger charge is 2.49. The van der Waals surface area contributed by atoms with Gasteiger partial charge in [-0.15, -0.1) is 0 Å². The number of halogens is 2. The Labute approximate surface area is 161 Å². The van der Waals surface area contributed by atoms with Crippen molar-refractivity contribution in [3.05, 3.63) is 59.2 Å². The third kappa shape index (κ3) is 3.71. The van der Waals surface area contributed by atoms with Crippen molar-refractivity contribution in [2.45, 2.75) is 11.8 Å². The highest BCUT2D eigenvalue weighted by Crippen LogP contribution is 2.36. The van der Waals surface area contributed by atoms with Gasteiger partial charge in [0.2, 0.25) is 10.0 Å². The smallest absolute Gasteiger partial charge is 0.243 e. The predicted molar refractivity (Wildman–Crippen MR) is 96.0 cm³/mol. The van der Waals surface area contributed by atoms with E-state index in [1.807, 2.05) is 0 Å². The van der Waals surface area contributed by atoms with Crippen molar-refractivity contribution in [1.29, 1.82) is 5.26 Å². The lowest BCUT2D eigenvalue weighted by Crippen LogP contribution is -2.62. The van der Waals surface area contributed by atoms with Crippen LogP contribution in [0.1, 0.15) is 11.1 Å². The molecule has 1 aliphatic heterocycles. The Morgan fingerprint density at radius 3 is 2.54 bits per heavy atom. The molecule has 0 bridgehead atoms. The van der Waals surface area contributed by atoms with E-state index < -0.39 is 27.1 Å². The van der Waals surface area contributed by atoms with Crippen LogP contribution in [0.25, 0.3) is 0 Å². The minimum atomic E-state index is -3.83. The van der Waals surface area contributed by atoms with Crippen molar-refractivity contribution < 1.29 is 27.0 Å². The van der Waals surface area contributed by atoms with Gasteiger partial charge in [-0.25, -0.2) is 17.2 Å². The summed E-state index contributed by atoms with van der Waals surface area (Å²) in [6, 6.07) is 8.94. The number of aliphatic hydroxyl groups is 1. The summed E-state index contributed by atoms with van der Waals surface area (Å²) in [4.78, 5) is 0.00974. The second kappa shape index (κ2) is 7.47.